The molecule has 2 aromatic rings. The van der Waals surface area contributed by atoms with Crippen molar-refractivity contribution in [2.24, 2.45) is 18.9 Å². The summed E-state index contributed by atoms with van der Waals surface area (Å²) in [6, 6.07) is 9.22. The number of carbonyl (C=O) groups is 1. The van der Waals surface area contributed by atoms with Crippen LogP contribution in [-0.4, -0.2) is 35.1 Å². The summed E-state index contributed by atoms with van der Waals surface area (Å²) in [7, 11) is 1.76. The van der Waals surface area contributed by atoms with Gasteiger partial charge >= 0.3 is 0 Å². The molecular formula is C21H28N2O3. The van der Waals surface area contributed by atoms with E-state index < -0.39 is 0 Å². The van der Waals surface area contributed by atoms with Gasteiger partial charge in [0.1, 0.15) is 5.75 Å². The van der Waals surface area contributed by atoms with E-state index in [1.807, 2.05) is 29.2 Å². The summed E-state index contributed by atoms with van der Waals surface area (Å²) in [6.07, 6.45) is 2.34. The Morgan fingerprint density at radius 2 is 1.88 bits per heavy atom. The maximum atomic E-state index is 12.4. The van der Waals surface area contributed by atoms with E-state index in [4.69, 9.17) is 4.74 Å². The molecule has 1 aliphatic heterocycles. The standard InChI is InChI=1S/C21H28N2O3/c1-15-11-16(2)14-23(13-15)20(24)9-6-10-26-19-12-21(25)22(3)18-8-5-4-7-17(18)19/h4-5,7-8,12,15-16H,6,9-11,13-14H2,1-3H3/t15-,16-/m1/s1. The molecule has 0 radical (unpaired) electrons. The van der Waals surface area contributed by atoms with E-state index in [2.05, 4.69) is 13.8 Å². The van der Waals surface area contributed by atoms with Crippen molar-refractivity contribution in [2.45, 2.75) is 33.1 Å². The number of hydrogen-bond acceptors (Lipinski definition) is 3. The fourth-order valence-electron chi connectivity index (χ4n) is 3.93. The van der Waals surface area contributed by atoms with Gasteiger partial charge in [-0.1, -0.05) is 26.0 Å². The average molecular weight is 356 g/mol. The first kappa shape index (κ1) is 18.5. The topological polar surface area (TPSA) is 51.5 Å². The van der Waals surface area contributed by atoms with Crippen LogP contribution in [0.25, 0.3) is 10.9 Å². The van der Waals surface area contributed by atoms with Crippen molar-refractivity contribution in [2.75, 3.05) is 19.7 Å². The fourth-order valence-corrected chi connectivity index (χ4v) is 3.93. The molecule has 5 nitrogen and oxygen atoms in total. The van der Waals surface area contributed by atoms with Crippen LogP contribution in [0.15, 0.2) is 35.1 Å². The van der Waals surface area contributed by atoms with Gasteiger partial charge in [0, 0.05) is 38.0 Å². The number of ether oxygens (including phenoxy) is 1. The molecule has 0 unspecified atom stereocenters. The first-order valence-corrected chi connectivity index (χ1v) is 9.45. The lowest BCUT2D eigenvalue weighted by Crippen LogP contribution is -2.42. The van der Waals surface area contributed by atoms with E-state index in [1.54, 1.807) is 11.6 Å². The minimum absolute atomic E-state index is 0.0916. The molecular weight excluding hydrogens is 328 g/mol. The predicted molar refractivity (Wildman–Crippen MR) is 103 cm³/mol. The lowest BCUT2D eigenvalue weighted by Gasteiger charge is -2.35. The van der Waals surface area contributed by atoms with Gasteiger partial charge in [0.05, 0.1) is 12.1 Å². The molecule has 5 heteroatoms. The van der Waals surface area contributed by atoms with E-state index >= 15 is 0 Å². The maximum absolute atomic E-state index is 12.4. The quantitative estimate of drug-likeness (QED) is 0.773. The van der Waals surface area contributed by atoms with E-state index in [0.717, 1.165) is 24.0 Å². The highest BCUT2D eigenvalue weighted by Gasteiger charge is 2.24. The van der Waals surface area contributed by atoms with Crippen LogP contribution in [-0.2, 0) is 11.8 Å². The minimum Gasteiger partial charge on any atom is -0.493 e. The van der Waals surface area contributed by atoms with Crippen LogP contribution in [0.4, 0.5) is 0 Å². The number of benzene rings is 1. The second kappa shape index (κ2) is 7.94. The van der Waals surface area contributed by atoms with Crippen LogP contribution in [0.3, 0.4) is 0 Å². The number of aromatic nitrogens is 1. The summed E-state index contributed by atoms with van der Waals surface area (Å²) in [5.41, 5.74) is 0.758. The number of hydrogen-bond donors (Lipinski definition) is 0. The molecule has 26 heavy (non-hydrogen) atoms. The number of para-hydroxylation sites is 1. The third-order valence-corrected chi connectivity index (χ3v) is 5.13. The number of piperidine rings is 1. The zero-order valence-corrected chi connectivity index (χ0v) is 15.9. The summed E-state index contributed by atoms with van der Waals surface area (Å²) < 4.78 is 7.47. The highest BCUT2D eigenvalue weighted by molar-refractivity contribution is 5.85. The number of carbonyl (C=O) groups excluding carboxylic acids is 1. The number of fused-ring (bicyclic) bond motifs is 1. The third-order valence-electron chi connectivity index (χ3n) is 5.13. The Hall–Kier alpha value is -2.30. The van der Waals surface area contributed by atoms with Crippen molar-refractivity contribution < 1.29 is 9.53 Å². The summed E-state index contributed by atoms with van der Waals surface area (Å²) in [5.74, 6) is 1.95. The molecule has 0 bridgehead atoms. The van der Waals surface area contributed by atoms with Crippen LogP contribution in [0, 0.1) is 11.8 Å². The molecule has 1 aromatic carbocycles. The smallest absolute Gasteiger partial charge is 0.254 e. The van der Waals surface area contributed by atoms with Crippen LogP contribution < -0.4 is 10.3 Å². The molecule has 3 rings (SSSR count). The Labute approximate surface area is 154 Å². The highest BCUT2D eigenvalue weighted by Crippen LogP contribution is 2.24. The van der Waals surface area contributed by atoms with Gasteiger partial charge in [-0.3, -0.25) is 9.59 Å². The SMILES string of the molecule is C[C@@H]1C[C@@H](C)CN(C(=O)CCCOc2cc(=O)n(C)c3ccccc23)C1. The first-order valence-electron chi connectivity index (χ1n) is 9.45. The highest BCUT2D eigenvalue weighted by atomic mass is 16.5. The summed E-state index contributed by atoms with van der Waals surface area (Å²) >= 11 is 0. The Morgan fingerprint density at radius 3 is 2.62 bits per heavy atom. The van der Waals surface area contributed by atoms with Crippen LogP contribution >= 0.6 is 0 Å². The minimum atomic E-state index is -0.0916. The average Bonchev–Trinajstić information content (AvgIpc) is 2.61. The molecule has 1 amide bonds. The normalized spacial score (nSPS) is 20.3. The van der Waals surface area contributed by atoms with E-state index in [0.29, 0.717) is 37.0 Å². The molecule has 0 saturated carbocycles. The Bertz CT molecular complexity index is 833. The second-order valence-corrected chi connectivity index (χ2v) is 7.62. The Kier molecular flexibility index (Phi) is 5.64. The molecule has 0 spiro atoms. The monoisotopic (exact) mass is 356 g/mol. The molecule has 1 saturated heterocycles. The number of aryl methyl sites for hydroxylation is 1. The Balaban J connectivity index is 1.57. The van der Waals surface area contributed by atoms with Crippen molar-refractivity contribution in [3.8, 4) is 5.75 Å². The molecule has 1 aromatic heterocycles. The van der Waals surface area contributed by atoms with E-state index in [-0.39, 0.29) is 11.5 Å². The van der Waals surface area contributed by atoms with Gasteiger partial charge in [-0.15, -0.1) is 0 Å². The molecule has 0 N–H and O–H groups in total. The van der Waals surface area contributed by atoms with Crippen molar-refractivity contribution in [1.29, 1.82) is 0 Å². The number of nitrogens with zero attached hydrogens (tertiary/aromatic N) is 2. The van der Waals surface area contributed by atoms with Crippen LogP contribution in [0.5, 0.6) is 5.75 Å². The molecule has 1 fully saturated rings. The molecule has 140 valence electrons. The lowest BCUT2D eigenvalue weighted by molar-refractivity contribution is -0.134. The zero-order chi connectivity index (χ0) is 18.7. The van der Waals surface area contributed by atoms with E-state index in [9.17, 15) is 9.59 Å². The van der Waals surface area contributed by atoms with Crippen LogP contribution in [0.2, 0.25) is 0 Å². The number of likely N-dealkylation sites (tertiary alicyclic amines) is 1. The van der Waals surface area contributed by atoms with Crippen molar-refractivity contribution in [1.82, 2.24) is 9.47 Å². The molecule has 2 atom stereocenters. The van der Waals surface area contributed by atoms with Gasteiger partial charge in [-0.2, -0.15) is 0 Å². The van der Waals surface area contributed by atoms with Gasteiger partial charge in [0.25, 0.3) is 5.56 Å². The number of rotatable bonds is 5. The van der Waals surface area contributed by atoms with Crippen LogP contribution in [0.1, 0.15) is 33.1 Å². The summed E-state index contributed by atoms with van der Waals surface area (Å²) in [6.45, 7) is 6.58. The van der Waals surface area contributed by atoms with Crippen molar-refractivity contribution in [3.63, 3.8) is 0 Å². The van der Waals surface area contributed by atoms with Crippen molar-refractivity contribution in [3.05, 3.63) is 40.7 Å². The second-order valence-electron chi connectivity index (χ2n) is 7.62. The zero-order valence-electron chi connectivity index (χ0n) is 15.9. The Morgan fingerprint density at radius 1 is 1.19 bits per heavy atom. The van der Waals surface area contributed by atoms with Gasteiger partial charge in [0.15, 0.2) is 0 Å². The van der Waals surface area contributed by atoms with Crippen molar-refractivity contribution >= 4 is 16.8 Å². The molecule has 0 aliphatic carbocycles. The van der Waals surface area contributed by atoms with Gasteiger partial charge in [-0.25, -0.2) is 0 Å². The lowest BCUT2D eigenvalue weighted by atomic mass is 9.91. The number of amides is 1. The number of pyridine rings is 1. The maximum Gasteiger partial charge on any atom is 0.254 e. The first-order chi connectivity index (χ1) is 12.5. The largest absolute Gasteiger partial charge is 0.493 e. The molecule has 2 heterocycles. The third kappa shape index (κ3) is 4.09. The summed E-state index contributed by atoms with van der Waals surface area (Å²) in [4.78, 5) is 26.5. The molecule has 1 aliphatic rings. The fraction of sp³-hybridized carbons (Fsp3) is 0.524. The predicted octanol–water partition coefficient (Wildman–Crippen LogP) is 3.20. The van der Waals surface area contributed by atoms with E-state index in [1.165, 1.54) is 12.5 Å². The summed E-state index contributed by atoms with van der Waals surface area (Å²) in [5, 5.41) is 0.916. The van der Waals surface area contributed by atoms with Gasteiger partial charge in [-0.05, 0) is 36.8 Å². The van der Waals surface area contributed by atoms with Gasteiger partial charge in [0.2, 0.25) is 5.91 Å². The van der Waals surface area contributed by atoms with Gasteiger partial charge < -0.3 is 14.2 Å².